The first-order valence-corrected chi connectivity index (χ1v) is 6.01. The van der Waals surface area contributed by atoms with Gasteiger partial charge in [-0.1, -0.05) is 0 Å². The first-order chi connectivity index (χ1) is 8.14. The molecule has 2 saturated heterocycles. The van der Waals surface area contributed by atoms with Crippen LogP contribution in [0.4, 0.5) is 0 Å². The maximum absolute atomic E-state index is 11.9. The molecule has 0 spiro atoms. The number of hydrogen-bond donors (Lipinski definition) is 3. The minimum atomic E-state index is -1.14. The number of nitrogens with one attached hydrogen (secondary N) is 2. The van der Waals surface area contributed by atoms with Crippen molar-refractivity contribution in [1.29, 1.82) is 0 Å². The van der Waals surface area contributed by atoms with E-state index in [2.05, 4.69) is 10.6 Å². The molecule has 96 valence electrons. The van der Waals surface area contributed by atoms with E-state index >= 15 is 0 Å². The Kier molecular flexibility index (Phi) is 3.63. The molecule has 1 atom stereocenters. The third-order valence-corrected chi connectivity index (χ3v) is 3.50. The van der Waals surface area contributed by atoms with Gasteiger partial charge in [-0.3, -0.25) is 4.79 Å². The predicted octanol–water partition coefficient (Wildman–Crippen LogP) is -0.512. The van der Waals surface area contributed by atoms with Crippen LogP contribution >= 0.6 is 0 Å². The second-order valence-electron chi connectivity index (χ2n) is 4.64. The third kappa shape index (κ3) is 2.58. The zero-order valence-electron chi connectivity index (χ0n) is 9.70. The van der Waals surface area contributed by atoms with Gasteiger partial charge in [0, 0.05) is 26.1 Å². The lowest BCUT2D eigenvalue weighted by Crippen LogP contribution is -2.60. The summed E-state index contributed by atoms with van der Waals surface area (Å²) in [7, 11) is 0. The zero-order valence-corrected chi connectivity index (χ0v) is 9.70. The fourth-order valence-electron chi connectivity index (χ4n) is 2.34. The Hall–Kier alpha value is -1.14. The lowest BCUT2D eigenvalue weighted by atomic mass is 9.89. The molecule has 0 aromatic heterocycles. The molecule has 1 unspecified atom stereocenters. The van der Waals surface area contributed by atoms with Crippen LogP contribution in [0, 0.1) is 0 Å². The molecule has 3 N–H and O–H groups in total. The summed E-state index contributed by atoms with van der Waals surface area (Å²) in [5.41, 5.74) is -1.14. The highest BCUT2D eigenvalue weighted by atomic mass is 16.5. The third-order valence-electron chi connectivity index (χ3n) is 3.50. The smallest absolute Gasteiger partial charge is 0.329 e. The highest BCUT2D eigenvalue weighted by Crippen LogP contribution is 2.21. The van der Waals surface area contributed by atoms with Gasteiger partial charge in [-0.15, -0.1) is 0 Å². The standard InChI is InChI=1S/C11H18N2O4/c14-9(8-2-1-5-12-8)13-11(10(15)16)3-6-17-7-4-11/h8,12H,1-7H2,(H,13,14)(H,15,16). The SMILES string of the molecule is O=C(NC1(C(=O)O)CCOCC1)C1CCCN1. The van der Waals surface area contributed by atoms with Crippen LogP contribution in [0.5, 0.6) is 0 Å². The molecule has 2 aliphatic rings. The average molecular weight is 242 g/mol. The van der Waals surface area contributed by atoms with E-state index in [4.69, 9.17) is 4.74 Å². The Balaban J connectivity index is 2.01. The molecule has 1 amide bonds. The first kappa shape index (κ1) is 12.3. The number of rotatable bonds is 3. The number of ether oxygens (including phenoxy) is 1. The van der Waals surface area contributed by atoms with Crippen molar-refractivity contribution in [2.75, 3.05) is 19.8 Å². The maximum atomic E-state index is 11.9. The van der Waals surface area contributed by atoms with E-state index in [0.717, 1.165) is 19.4 Å². The number of carboxylic acids is 1. The van der Waals surface area contributed by atoms with Gasteiger partial charge in [-0.25, -0.2) is 4.79 Å². The van der Waals surface area contributed by atoms with Gasteiger partial charge >= 0.3 is 5.97 Å². The van der Waals surface area contributed by atoms with Gasteiger partial charge in [-0.05, 0) is 19.4 Å². The zero-order chi connectivity index (χ0) is 12.3. The second kappa shape index (κ2) is 5.01. The van der Waals surface area contributed by atoms with Crippen LogP contribution in [0.2, 0.25) is 0 Å². The normalized spacial score (nSPS) is 27.6. The molecular formula is C11H18N2O4. The van der Waals surface area contributed by atoms with E-state index in [1.807, 2.05) is 0 Å². The Labute approximate surface area is 99.7 Å². The molecule has 0 aromatic rings. The van der Waals surface area contributed by atoms with Gasteiger partial charge in [0.15, 0.2) is 0 Å². The summed E-state index contributed by atoms with van der Waals surface area (Å²) in [5, 5.41) is 15.0. The summed E-state index contributed by atoms with van der Waals surface area (Å²) in [6.07, 6.45) is 2.40. The van der Waals surface area contributed by atoms with Crippen LogP contribution in [0.1, 0.15) is 25.7 Å². The molecular weight excluding hydrogens is 224 g/mol. The van der Waals surface area contributed by atoms with Gasteiger partial charge < -0.3 is 20.5 Å². The number of carbonyl (C=O) groups is 2. The van der Waals surface area contributed by atoms with Gasteiger partial charge in [0.1, 0.15) is 5.54 Å². The minimum absolute atomic E-state index is 0.202. The molecule has 2 heterocycles. The monoisotopic (exact) mass is 242 g/mol. The van der Waals surface area contributed by atoms with Crippen molar-refractivity contribution in [3.8, 4) is 0 Å². The van der Waals surface area contributed by atoms with Crippen LogP contribution < -0.4 is 10.6 Å². The van der Waals surface area contributed by atoms with E-state index in [1.165, 1.54) is 0 Å². The largest absolute Gasteiger partial charge is 0.480 e. The summed E-state index contributed by atoms with van der Waals surface area (Å²) >= 11 is 0. The molecule has 6 heteroatoms. The van der Waals surface area contributed by atoms with E-state index in [0.29, 0.717) is 26.1 Å². The van der Waals surface area contributed by atoms with Crippen LogP contribution in [0.3, 0.4) is 0 Å². The summed E-state index contributed by atoms with van der Waals surface area (Å²) < 4.78 is 5.15. The number of hydrogen-bond acceptors (Lipinski definition) is 4. The topological polar surface area (TPSA) is 87.7 Å². The quantitative estimate of drug-likeness (QED) is 0.620. The number of carboxylic acid groups (broad SMARTS) is 1. The number of amides is 1. The van der Waals surface area contributed by atoms with Crippen molar-refractivity contribution in [3.63, 3.8) is 0 Å². The van der Waals surface area contributed by atoms with Crippen molar-refractivity contribution < 1.29 is 19.4 Å². The lowest BCUT2D eigenvalue weighted by molar-refractivity contribution is -0.152. The lowest BCUT2D eigenvalue weighted by Gasteiger charge is -2.34. The van der Waals surface area contributed by atoms with Crippen LogP contribution in [-0.4, -0.2) is 48.3 Å². The Morgan fingerprint density at radius 1 is 1.35 bits per heavy atom. The van der Waals surface area contributed by atoms with Gasteiger partial charge in [0.05, 0.1) is 6.04 Å². The number of carbonyl (C=O) groups excluding carboxylic acids is 1. The molecule has 0 saturated carbocycles. The van der Waals surface area contributed by atoms with Crippen molar-refractivity contribution in [1.82, 2.24) is 10.6 Å². The molecule has 17 heavy (non-hydrogen) atoms. The van der Waals surface area contributed by atoms with E-state index in [1.54, 1.807) is 0 Å². The summed E-state index contributed by atoms with van der Waals surface area (Å²) in [4.78, 5) is 23.3. The maximum Gasteiger partial charge on any atom is 0.329 e. The number of aliphatic carboxylic acids is 1. The van der Waals surface area contributed by atoms with E-state index in [-0.39, 0.29) is 11.9 Å². The molecule has 0 radical (unpaired) electrons. The van der Waals surface area contributed by atoms with Gasteiger partial charge in [0.25, 0.3) is 0 Å². The fraction of sp³-hybridized carbons (Fsp3) is 0.818. The Bertz CT molecular complexity index is 307. The summed E-state index contributed by atoms with van der Waals surface area (Å²) in [6, 6.07) is -0.242. The molecule has 0 aliphatic carbocycles. The van der Waals surface area contributed by atoms with Crippen molar-refractivity contribution in [2.45, 2.75) is 37.3 Å². The molecule has 2 fully saturated rings. The highest BCUT2D eigenvalue weighted by Gasteiger charge is 2.42. The van der Waals surface area contributed by atoms with Crippen LogP contribution in [-0.2, 0) is 14.3 Å². The molecule has 2 rings (SSSR count). The van der Waals surface area contributed by atoms with Gasteiger partial charge in [-0.2, -0.15) is 0 Å². The second-order valence-corrected chi connectivity index (χ2v) is 4.64. The van der Waals surface area contributed by atoms with E-state index in [9.17, 15) is 14.7 Å². The summed E-state index contributed by atoms with van der Waals surface area (Å²) in [5.74, 6) is -1.17. The fourth-order valence-corrected chi connectivity index (χ4v) is 2.34. The van der Waals surface area contributed by atoms with Crippen molar-refractivity contribution in [3.05, 3.63) is 0 Å². The molecule has 2 aliphatic heterocycles. The predicted molar refractivity (Wildman–Crippen MR) is 59.6 cm³/mol. The summed E-state index contributed by atoms with van der Waals surface area (Å²) in [6.45, 7) is 1.58. The highest BCUT2D eigenvalue weighted by molar-refractivity contribution is 5.89. The van der Waals surface area contributed by atoms with Crippen LogP contribution in [0.25, 0.3) is 0 Å². The Morgan fingerprint density at radius 2 is 2.06 bits per heavy atom. The van der Waals surface area contributed by atoms with Crippen LogP contribution in [0.15, 0.2) is 0 Å². The van der Waals surface area contributed by atoms with Gasteiger partial charge in [0.2, 0.25) is 5.91 Å². The molecule has 0 aromatic carbocycles. The molecule has 6 nitrogen and oxygen atoms in total. The first-order valence-electron chi connectivity index (χ1n) is 6.01. The van der Waals surface area contributed by atoms with E-state index < -0.39 is 11.5 Å². The minimum Gasteiger partial charge on any atom is -0.480 e. The Morgan fingerprint density at radius 3 is 2.59 bits per heavy atom. The van der Waals surface area contributed by atoms with Crippen molar-refractivity contribution >= 4 is 11.9 Å². The average Bonchev–Trinajstić information content (AvgIpc) is 2.83. The van der Waals surface area contributed by atoms with Crippen molar-refractivity contribution in [2.24, 2.45) is 0 Å². The molecule has 0 bridgehead atoms.